The molecular formula is C4H8O2Si. The van der Waals surface area contributed by atoms with E-state index in [1.807, 2.05) is 0 Å². The van der Waals surface area contributed by atoms with Crippen LogP contribution in [0.4, 0.5) is 0 Å². The summed E-state index contributed by atoms with van der Waals surface area (Å²) in [5.41, 5.74) is 0. The standard InChI is InChI=1S/C4H8O2Si/c1-3-5-7-6-4-2/h3-4H,1-2,7H2. The Morgan fingerprint density at radius 1 is 1.14 bits per heavy atom. The van der Waals surface area contributed by atoms with Crippen LogP contribution in [-0.4, -0.2) is 10.0 Å². The summed E-state index contributed by atoms with van der Waals surface area (Å²) in [6, 6.07) is 0. The van der Waals surface area contributed by atoms with Crippen molar-refractivity contribution in [1.29, 1.82) is 0 Å². The third-order valence-electron chi connectivity index (χ3n) is 0.372. The first-order chi connectivity index (χ1) is 3.41. The second-order valence-electron chi connectivity index (χ2n) is 0.785. The highest BCUT2D eigenvalue weighted by atomic mass is 28.3. The van der Waals surface area contributed by atoms with Crippen LogP contribution in [-0.2, 0) is 8.85 Å². The molecule has 0 saturated heterocycles. The maximum absolute atomic E-state index is 4.68. The topological polar surface area (TPSA) is 18.5 Å². The van der Waals surface area contributed by atoms with Crippen molar-refractivity contribution < 1.29 is 8.85 Å². The van der Waals surface area contributed by atoms with E-state index in [0.717, 1.165) is 0 Å². The predicted octanol–water partition coefficient (Wildman–Crippen LogP) is 0.305. The molecule has 0 fully saturated rings. The normalized spacial score (nSPS) is 6.86. The lowest BCUT2D eigenvalue weighted by atomic mass is 11.2. The summed E-state index contributed by atoms with van der Waals surface area (Å²) < 4.78 is 9.37. The molecule has 0 N–H and O–H groups in total. The summed E-state index contributed by atoms with van der Waals surface area (Å²) in [6.45, 7) is 6.66. The molecule has 0 aliphatic heterocycles. The minimum atomic E-state index is -0.825. The molecule has 0 unspecified atom stereocenters. The van der Waals surface area contributed by atoms with Gasteiger partial charge in [-0.1, -0.05) is 13.2 Å². The van der Waals surface area contributed by atoms with Gasteiger partial charge < -0.3 is 8.85 Å². The van der Waals surface area contributed by atoms with Crippen molar-refractivity contribution in [3.63, 3.8) is 0 Å². The zero-order valence-electron chi connectivity index (χ0n) is 4.09. The lowest BCUT2D eigenvalue weighted by molar-refractivity contribution is 0.378. The van der Waals surface area contributed by atoms with E-state index in [1.54, 1.807) is 0 Å². The molecular weight excluding hydrogens is 108 g/mol. The maximum Gasteiger partial charge on any atom is 0.426 e. The Morgan fingerprint density at radius 2 is 1.57 bits per heavy atom. The van der Waals surface area contributed by atoms with Crippen molar-refractivity contribution in [3.8, 4) is 0 Å². The Labute approximate surface area is 45.5 Å². The fourth-order valence-electron chi connectivity index (χ4n) is 0.136. The van der Waals surface area contributed by atoms with Crippen molar-refractivity contribution in [2.24, 2.45) is 0 Å². The van der Waals surface area contributed by atoms with E-state index in [9.17, 15) is 0 Å². The van der Waals surface area contributed by atoms with Crippen molar-refractivity contribution in [3.05, 3.63) is 25.7 Å². The molecule has 2 nitrogen and oxygen atoms in total. The monoisotopic (exact) mass is 116 g/mol. The molecule has 0 aliphatic rings. The van der Waals surface area contributed by atoms with Gasteiger partial charge in [0, 0.05) is 0 Å². The van der Waals surface area contributed by atoms with E-state index < -0.39 is 10.0 Å². The first kappa shape index (κ1) is 6.30. The van der Waals surface area contributed by atoms with Crippen molar-refractivity contribution in [2.45, 2.75) is 0 Å². The molecule has 0 saturated carbocycles. The first-order valence-corrected chi connectivity index (χ1v) is 3.02. The van der Waals surface area contributed by atoms with Gasteiger partial charge in [-0.2, -0.15) is 0 Å². The van der Waals surface area contributed by atoms with Crippen LogP contribution in [0.15, 0.2) is 25.7 Å². The lowest BCUT2D eigenvalue weighted by Crippen LogP contribution is -1.92. The SMILES string of the molecule is C=CO[SiH2]OC=C. The van der Waals surface area contributed by atoms with Gasteiger partial charge in [-0.05, 0) is 0 Å². The van der Waals surface area contributed by atoms with Gasteiger partial charge in [0.1, 0.15) is 0 Å². The molecule has 3 heteroatoms. The van der Waals surface area contributed by atoms with Gasteiger partial charge in [0.15, 0.2) is 0 Å². The quantitative estimate of drug-likeness (QED) is 0.299. The van der Waals surface area contributed by atoms with Crippen molar-refractivity contribution in [2.75, 3.05) is 0 Å². The van der Waals surface area contributed by atoms with Crippen LogP contribution >= 0.6 is 0 Å². The average molecular weight is 116 g/mol. The van der Waals surface area contributed by atoms with Gasteiger partial charge in [-0.3, -0.25) is 0 Å². The van der Waals surface area contributed by atoms with Gasteiger partial charge in [-0.25, -0.2) is 0 Å². The van der Waals surface area contributed by atoms with Crippen LogP contribution in [0.25, 0.3) is 0 Å². The summed E-state index contributed by atoms with van der Waals surface area (Å²) in [6.07, 6.45) is 2.74. The van der Waals surface area contributed by atoms with E-state index in [0.29, 0.717) is 0 Å². The molecule has 0 atom stereocenters. The van der Waals surface area contributed by atoms with Crippen LogP contribution < -0.4 is 0 Å². The molecule has 0 aliphatic carbocycles. The lowest BCUT2D eigenvalue weighted by Gasteiger charge is -1.94. The summed E-state index contributed by atoms with van der Waals surface area (Å²) in [5, 5.41) is 0. The van der Waals surface area contributed by atoms with Gasteiger partial charge in [-0.15, -0.1) is 0 Å². The van der Waals surface area contributed by atoms with Crippen LogP contribution in [0, 0.1) is 0 Å². The third kappa shape index (κ3) is 5.30. The highest BCUT2D eigenvalue weighted by molar-refractivity contribution is 6.18. The molecule has 0 aromatic rings. The smallest absolute Gasteiger partial charge is 0.426 e. The molecule has 0 spiro atoms. The summed E-state index contributed by atoms with van der Waals surface area (Å²) in [4.78, 5) is 0. The molecule has 7 heavy (non-hydrogen) atoms. The maximum atomic E-state index is 4.68. The molecule has 0 heterocycles. The van der Waals surface area contributed by atoms with E-state index in [1.165, 1.54) is 12.5 Å². The number of hydrogen-bond acceptors (Lipinski definition) is 2. The molecule has 40 valence electrons. The Hall–Kier alpha value is -0.703. The van der Waals surface area contributed by atoms with E-state index in [4.69, 9.17) is 0 Å². The minimum Gasteiger partial charge on any atom is -0.523 e. The summed E-state index contributed by atoms with van der Waals surface area (Å²) in [5.74, 6) is 0. The Bertz CT molecular complexity index is 54.7. The molecule has 0 bridgehead atoms. The number of hydrogen-bond donors (Lipinski definition) is 0. The molecule has 0 aromatic heterocycles. The highest BCUT2D eigenvalue weighted by Gasteiger charge is 1.73. The number of rotatable bonds is 4. The molecule has 0 aromatic carbocycles. The Morgan fingerprint density at radius 3 is 1.86 bits per heavy atom. The van der Waals surface area contributed by atoms with Crippen LogP contribution in [0.5, 0.6) is 0 Å². The summed E-state index contributed by atoms with van der Waals surface area (Å²) in [7, 11) is -0.825. The third-order valence-corrected chi connectivity index (χ3v) is 1.12. The fourth-order valence-corrected chi connectivity index (χ4v) is 0.407. The molecule has 0 amide bonds. The van der Waals surface area contributed by atoms with Crippen molar-refractivity contribution >= 4 is 10.0 Å². The minimum absolute atomic E-state index is 0.825. The Balaban J connectivity index is 2.68. The van der Waals surface area contributed by atoms with Gasteiger partial charge in [0.2, 0.25) is 0 Å². The van der Waals surface area contributed by atoms with Crippen LogP contribution in [0.1, 0.15) is 0 Å². The second kappa shape index (κ2) is 5.30. The van der Waals surface area contributed by atoms with Crippen molar-refractivity contribution in [1.82, 2.24) is 0 Å². The molecule has 0 rings (SSSR count). The fraction of sp³-hybridized carbons (Fsp3) is 0. The highest BCUT2D eigenvalue weighted by Crippen LogP contribution is 1.71. The van der Waals surface area contributed by atoms with E-state index in [-0.39, 0.29) is 0 Å². The zero-order chi connectivity index (χ0) is 5.54. The summed E-state index contributed by atoms with van der Waals surface area (Å²) >= 11 is 0. The van der Waals surface area contributed by atoms with E-state index >= 15 is 0 Å². The largest absolute Gasteiger partial charge is 0.523 e. The Kier molecular flexibility index (Phi) is 4.76. The second-order valence-corrected chi connectivity index (χ2v) is 1.69. The van der Waals surface area contributed by atoms with Gasteiger partial charge in [0.05, 0.1) is 12.5 Å². The van der Waals surface area contributed by atoms with Crippen LogP contribution in [0.2, 0.25) is 0 Å². The average Bonchev–Trinajstić information content (AvgIpc) is 1.69. The first-order valence-electron chi connectivity index (χ1n) is 1.87. The zero-order valence-corrected chi connectivity index (χ0v) is 5.51. The van der Waals surface area contributed by atoms with Crippen LogP contribution in [0.3, 0.4) is 0 Å². The van der Waals surface area contributed by atoms with Gasteiger partial charge >= 0.3 is 10.0 Å². The van der Waals surface area contributed by atoms with E-state index in [2.05, 4.69) is 22.0 Å². The predicted molar refractivity (Wildman–Crippen MR) is 31.1 cm³/mol. The van der Waals surface area contributed by atoms with Gasteiger partial charge in [0.25, 0.3) is 0 Å². The molecule has 0 radical (unpaired) electrons.